The summed E-state index contributed by atoms with van der Waals surface area (Å²) in [6.45, 7) is 3.37. The van der Waals surface area contributed by atoms with E-state index in [2.05, 4.69) is 5.10 Å². The summed E-state index contributed by atoms with van der Waals surface area (Å²) >= 11 is 0. The average Bonchev–Trinajstić information content (AvgIpc) is 2.70. The number of sulfonamides is 1. The maximum absolute atomic E-state index is 12.7. The third-order valence-electron chi connectivity index (χ3n) is 4.43. The summed E-state index contributed by atoms with van der Waals surface area (Å²) in [5.74, 6) is -0.295. The summed E-state index contributed by atoms with van der Waals surface area (Å²) in [6.07, 6.45) is 0.737. The van der Waals surface area contributed by atoms with Crippen LogP contribution in [-0.4, -0.2) is 59.5 Å². The number of carbonyl (C=O) groups excluding carboxylic acids is 1. The van der Waals surface area contributed by atoms with Crippen LogP contribution in [0.1, 0.15) is 23.8 Å². The van der Waals surface area contributed by atoms with Crippen LogP contribution in [0.2, 0.25) is 0 Å². The monoisotopic (exact) mass is 390 g/mol. The molecule has 0 spiro atoms. The average molecular weight is 390 g/mol. The zero-order chi connectivity index (χ0) is 19.4. The summed E-state index contributed by atoms with van der Waals surface area (Å²) in [5, 5.41) is 4.13. The van der Waals surface area contributed by atoms with Crippen LogP contribution in [0, 0.1) is 0 Å². The number of benzene rings is 1. The molecule has 1 saturated heterocycles. The van der Waals surface area contributed by atoms with E-state index in [9.17, 15) is 18.0 Å². The highest BCUT2D eigenvalue weighted by Crippen LogP contribution is 2.17. The molecule has 0 N–H and O–H groups in total. The van der Waals surface area contributed by atoms with Gasteiger partial charge < -0.3 is 4.90 Å². The lowest BCUT2D eigenvalue weighted by Crippen LogP contribution is -2.50. The molecular weight excluding hydrogens is 368 g/mol. The third kappa shape index (κ3) is 4.09. The van der Waals surface area contributed by atoms with E-state index >= 15 is 0 Å². The minimum atomic E-state index is -3.56. The molecule has 1 aromatic heterocycles. The van der Waals surface area contributed by atoms with Crippen molar-refractivity contribution in [2.24, 2.45) is 0 Å². The van der Waals surface area contributed by atoms with E-state index in [4.69, 9.17) is 0 Å². The second-order valence-electron chi connectivity index (χ2n) is 6.29. The van der Waals surface area contributed by atoms with Gasteiger partial charge in [0.1, 0.15) is 5.69 Å². The van der Waals surface area contributed by atoms with Gasteiger partial charge in [-0.15, -0.1) is 0 Å². The zero-order valence-corrected chi connectivity index (χ0v) is 15.9. The Morgan fingerprint density at radius 1 is 1.04 bits per heavy atom. The van der Waals surface area contributed by atoms with Crippen molar-refractivity contribution in [1.82, 2.24) is 19.0 Å². The molecule has 144 valence electrons. The van der Waals surface area contributed by atoms with Crippen LogP contribution in [0.3, 0.4) is 0 Å². The molecule has 27 heavy (non-hydrogen) atoms. The van der Waals surface area contributed by atoms with Crippen molar-refractivity contribution < 1.29 is 13.2 Å². The molecule has 1 fully saturated rings. The molecule has 1 amide bonds. The fourth-order valence-corrected chi connectivity index (χ4v) is 4.41. The van der Waals surface area contributed by atoms with Gasteiger partial charge >= 0.3 is 0 Å². The van der Waals surface area contributed by atoms with E-state index in [1.54, 1.807) is 35.2 Å². The van der Waals surface area contributed by atoms with Crippen LogP contribution in [0.4, 0.5) is 0 Å². The van der Waals surface area contributed by atoms with E-state index in [1.807, 2.05) is 6.92 Å². The van der Waals surface area contributed by atoms with Crippen LogP contribution in [-0.2, 0) is 16.6 Å². The number of piperazine rings is 1. The molecule has 9 heteroatoms. The number of aromatic nitrogens is 2. The molecule has 2 aromatic rings. The van der Waals surface area contributed by atoms with Crippen LogP contribution in [0.15, 0.2) is 52.2 Å². The number of hydrogen-bond donors (Lipinski definition) is 0. The second kappa shape index (κ2) is 8.01. The van der Waals surface area contributed by atoms with Crippen molar-refractivity contribution >= 4 is 15.9 Å². The summed E-state index contributed by atoms with van der Waals surface area (Å²) < 4.78 is 28.0. The molecule has 0 atom stereocenters. The third-order valence-corrected chi connectivity index (χ3v) is 6.34. The first-order valence-electron chi connectivity index (χ1n) is 8.86. The normalized spacial score (nSPS) is 15.7. The number of amides is 1. The molecular formula is C18H22N4O4S. The van der Waals surface area contributed by atoms with Crippen molar-refractivity contribution in [3.63, 3.8) is 0 Å². The predicted octanol–water partition coefficient (Wildman–Crippen LogP) is 0.800. The fraction of sp³-hybridized carbons (Fsp3) is 0.389. The first-order chi connectivity index (χ1) is 12.9. The van der Waals surface area contributed by atoms with E-state index in [0.717, 1.165) is 6.42 Å². The smallest absolute Gasteiger partial charge is 0.274 e. The van der Waals surface area contributed by atoms with Gasteiger partial charge in [-0.2, -0.15) is 9.40 Å². The SMILES string of the molecule is CCCn1nc(C(=O)N2CCN(S(=O)(=O)c3ccccc3)CC2)ccc1=O. The second-order valence-corrected chi connectivity index (χ2v) is 8.23. The molecule has 1 aliphatic rings. The zero-order valence-electron chi connectivity index (χ0n) is 15.1. The maximum Gasteiger partial charge on any atom is 0.274 e. The van der Waals surface area contributed by atoms with E-state index in [1.165, 1.54) is 21.1 Å². The standard InChI is InChI=1S/C18H22N4O4S/c1-2-10-22-17(23)9-8-16(19-22)18(24)20-11-13-21(14-12-20)27(25,26)15-6-4-3-5-7-15/h3-9H,2,10-14H2,1H3. The largest absolute Gasteiger partial charge is 0.335 e. The lowest BCUT2D eigenvalue weighted by atomic mass is 10.3. The minimum Gasteiger partial charge on any atom is -0.335 e. The van der Waals surface area contributed by atoms with Gasteiger partial charge in [-0.1, -0.05) is 25.1 Å². The van der Waals surface area contributed by atoms with E-state index in [0.29, 0.717) is 6.54 Å². The van der Waals surface area contributed by atoms with E-state index < -0.39 is 10.0 Å². The van der Waals surface area contributed by atoms with Gasteiger partial charge in [0.2, 0.25) is 10.0 Å². The van der Waals surface area contributed by atoms with Gasteiger partial charge in [0.25, 0.3) is 11.5 Å². The first kappa shape index (κ1) is 19.2. The number of aryl methyl sites for hydroxylation is 1. The molecule has 1 aromatic carbocycles. The van der Waals surface area contributed by atoms with Crippen LogP contribution in [0.25, 0.3) is 0 Å². The summed E-state index contributed by atoms with van der Waals surface area (Å²) in [7, 11) is -3.56. The Balaban J connectivity index is 1.70. The molecule has 1 aliphatic heterocycles. The molecule has 0 bridgehead atoms. The van der Waals surface area contributed by atoms with Crippen molar-refractivity contribution in [3.05, 3.63) is 58.5 Å². The Morgan fingerprint density at radius 2 is 1.70 bits per heavy atom. The maximum atomic E-state index is 12.7. The molecule has 8 nitrogen and oxygen atoms in total. The fourth-order valence-electron chi connectivity index (χ4n) is 2.97. The molecule has 3 rings (SSSR count). The summed E-state index contributed by atoms with van der Waals surface area (Å²) in [4.78, 5) is 26.2. The predicted molar refractivity (Wildman–Crippen MR) is 99.9 cm³/mol. The van der Waals surface area contributed by atoms with Crippen molar-refractivity contribution in [2.75, 3.05) is 26.2 Å². The quantitative estimate of drug-likeness (QED) is 0.753. The van der Waals surface area contributed by atoms with Gasteiger partial charge in [-0.3, -0.25) is 9.59 Å². The Hall–Kier alpha value is -2.52. The Kier molecular flexibility index (Phi) is 5.71. The summed E-state index contributed by atoms with van der Waals surface area (Å²) in [5.41, 5.74) is -0.0467. The number of hydrogen-bond acceptors (Lipinski definition) is 5. The van der Waals surface area contributed by atoms with Crippen LogP contribution < -0.4 is 5.56 Å². The Bertz CT molecular complexity index is 964. The van der Waals surface area contributed by atoms with Gasteiger partial charge in [-0.05, 0) is 24.6 Å². The van der Waals surface area contributed by atoms with Crippen molar-refractivity contribution in [1.29, 1.82) is 0 Å². The Labute approximate surface area is 158 Å². The molecule has 0 aliphatic carbocycles. The van der Waals surface area contributed by atoms with E-state index in [-0.39, 0.29) is 48.2 Å². The van der Waals surface area contributed by atoms with Crippen LogP contribution in [0.5, 0.6) is 0 Å². The highest BCUT2D eigenvalue weighted by molar-refractivity contribution is 7.89. The Morgan fingerprint density at radius 3 is 2.33 bits per heavy atom. The van der Waals surface area contributed by atoms with Gasteiger partial charge in [-0.25, -0.2) is 13.1 Å². The number of carbonyl (C=O) groups is 1. The van der Waals surface area contributed by atoms with Gasteiger partial charge in [0.05, 0.1) is 4.90 Å². The van der Waals surface area contributed by atoms with Crippen LogP contribution >= 0.6 is 0 Å². The lowest BCUT2D eigenvalue weighted by molar-refractivity contribution is 0.0689. The van der Waals surface area contributed by atoms with Gasteiger partial charge in [0.15, 0.2) is 0 Å². The van der Waals surface area contributed by atoms with Crippen molar-refractivity contribution in [3.8, 4) is 0 Å². The van der Waals surface area contributed by atoms with Gasteiger partial charge in [0, 0.05) is 38.8 Å². The molecule has 2 heterocycles. The first-order valence-corrected chi connectivity index (χ1v) is 10.3. The molecule has 0 unspecified atom stereocenters. The highest BCUT2D eigenvalue weighted by atomic mass is 32.2. The minimum absolute atomic E-state index is 0.197. The summed E-state index contributed by atoms with van der Waals surface area (Å²) in [6, 6.07) is 11.0. The highest BCUT2D eigenvalue weighted by Gasteiger charge is 2.30. The lowest BCUT2D eigenvalue weighted by Gasteiger charge is -2.33. The topological polar surface area (TPSA) is 92.6 Å². The molecule has 0 radical (unpaired) electrons. The number of rotatable bonds is 5. The molecule has 0 saturated carbocycles. The van der Waals surface area contributed by atoms with Crippen molar-refractivity contribution in [2.45, 2.75) is 24.8 Å². The number of nitrogens with zero attached hydrogens (tertiary/aromatic N) is 4.